The van der Waals surface area contributed by atoms with Crippen LogP contribution in [0.15, 0.2) is 18.2 Å². The number of carbonyl (C=O) groups excluding carboxylic acids is 1. The molecule has 16 heavy (non-hydrogen) atoms. The summed E-state index contributed by atoms with van der Waals surface area (Å²) in [6.45, 7) is 5.52. The van der Waals surface area contributed by atoms with E-state index in [0.717, 1.165) is 5.56 Å². The van der Waals surface area contributed by atoms with E-state index >= 15 is 0 Å². The van der Waals surface area contributed by atoms with Crippen LogP contribution >= 0.6 is 0 Å². The highest BCUT2D eigenvalue weighted by atomic mass is 16.3. The Morgan fingerprint density at radius 2 is 2.06 bits per heavy atom. The number of amides is 1. The van der Waals surface area contributed by atoms with Gasteiger partial charge in [0.25, 0.3) is 0 Å². The van der Waals surface area contributed by atoms with E-state index in [4.69, 9.17) is 5.73 Å². The summed E-state index contributed by atoms with van der Waals surface area (Å²) in [6, 6.07) is 4.62. The van der Waals surface area contributed by atoms with Crippen LogP contribution in [0, 0.1) is 12.8 Å². The van der Waals surface area contributed by atoms with Crippen LogP contribution < -0.4 is 11.1 Å². The number of carbonyl (C=O) groups is 1. The lowest BCUT2D eigenvalue weighted by Gasteiger charge is -2.16. The molecular weight excluding hydrogens is 204 g/mol. The van der Waals surface area contributed by atoms with Gasteiger partial charge >= 0.3 is 0 Å². The van der Waals surface area contributed by atoms with Gasteiger partial charge in [-0.1, -0.05) is 26.0 Å². The molecule has 88 valence electrons. The van der Waals surface area contributed by atoms with E-state index < -0.39 is 6.04 Å². The maximum Gasteiger partial charge on any atom is 0.241 e. The molecule has 1 amide bonds. The summed E-state index contributed by atoms with van der Waals surface area (Å²) in [7, 11) is 0. The fourth-order valence-electron chi connectivity index (χ4n) is 1.28. The number of anilines is 1. The Morgan fingerprint density at radius 1 is 1.44 bits per heavy atom. The molecule has 1 aromatic rings. The van der Waals surface area contributed by atoms with Gasteiger partial charge in [-0.3, -0.25) is 4.79 Å². The Kier molecular flexibility index (Phi) is 3.90. The fraction of sp³-hybridized carbons (Fsp3) is 0.417. The number of hydrogen-bond acceptors (Lipinski definition) is 3. The molecule has 0 saturated carbocycles. The monoisotopic (exact) mass is 222 g/mol. The first-order valence-electron chi connectivity index (χ1n) is 5.28. The lowest BCUT2D eigenvalue weighted by atomic mass is 10.0. The topological polar surface area (TPSA) is 75.4 Å². The van der Waals surface area contributed by atoms with E-state index in [-0.39, 0.29) is 17.6 Å². The quantitative estimate of drug-likeness (QED) is 0.680. The summed E-state index contributed by atoms with van der Waals surface area (Å²) >= 11 is 0. The molecule has 4 nitrogen and oxygen atoms in total. The van der Waals surface area contributed by atoms with Crippen molar-refractivity contribution < 1.29 is 9.90 Å². The molecule has 4 heteroatoms. The highest BCUT2D eigenvalue weighted by Gasteiger charge is 2.18. The number of benzene rings is 1. The molecule has 0 unspecified atom stereocenters. The second-order valence-electron chi connectivity index (χ2n) is 4.23. The SMILES string of the molecule is Cc1cccc(NC(=O)[C@@H](N)C(C)C)c1O. The maximum absolute atomic E-state index is 11.7. The third-order valence-corrected chi connectivity index (χ3v) is 2.52. The predicted molar refractivity (Wildman–Crippen MR) is 64.3 cm³/mol. The highest BCUT2D eigenvalue weighted by Crippen LogP contribution is 2.26. The summed E-state index contributed by atoms with van der Waals surface area (Å²) in [5.41, 5.74) is 6.82. The van der Waals surface area contributed by atoms with E-state index in [0.29, 0.717) is 5.69 Å². The molecule has 0 aliphatic carbocycles. The Morgan fingerprint density at radius 3 is 2.62 bits per heavy atom. The molecule has 0 spiro atoms. The first kappa shape index (κ1) is 12.5. The number of rotatable bonds is 3. The zero-order valence-electron chi connectivity index (χ0n) is 9.82. The Balaban J connectivity index is 2.81. The number of hydrogen-bond donors (Lipinski definition) is 3. The average molecular weight is 222 g/mol. The molecule has 0 fully saturated rings. The van der Waals surface area contributed by atoms with Gasteiger partial charge in [0.05, 0.1) is 11.7 Å². The molecule has 0 aliphatic rings. The van der Waals surface area contributed by atoms with Gasteiger partial charge in [-0.15, -0.1) is 0 Å². The van der Waals surface area contributed by atoms with Crippen LogP contribution in [0.1, 0.15) is 19.4 Å². The maximum atomic E-state index is 11.7. The second-order valence-corrected chi connectivity index (χ2v) is 4.23. The minimum Gasteiger partial charge on any atom is -0.505 e. The van der Waals surface area contributed by atoms with Gasteiger partial charge in [-0.25, -0.2) is 0 Å². The normalized spacial score (nSPS) is 12.6. The minimum absolute atomic E-state index is 0.0620. The Labute approximate surface area is 95.5 Å². The Hall–Kier alpha value is -1.55. The van der Waals surface area contributed by atoms with Crippen molar-refractivity contribution in [2.75, 3.05) is 5.32 Å². The summed E-state index contributed by atoms with van der Waals surface area (Å²) < 4.78 is 0. The Bertz CT molecular complexity index is 389. The van der Waals surface area contributed by atoms with Crippen LogP contribution in [-0.2, 0) is 4.79 Å². The molecule has 0 bridgehead atoms. The number of aromatic hydroxyl groups is 1. The number of phenolic OH excluding ortho intramolecular Hbond substituents is 1. The van der Waals surface area contributed by atoms with Crippen molar-refractivity contribution in [3.63, 3.8) is 0 Å². The molecule has 0 saturated heterocycles. The summed E-state index contributed by atoms with van der Waals surface area (Å²) in [5, 5.41) is 12.3. The number of phenols is 1. The third kappa shape index (κ3) is 2.73. The van der Waals surface area contributed by atoms with E-state index in [9.17, 15) is 9.90 Å². The number of nitrogens with two attached hydrogens (primary N) is 1. The first-order valence-corrected chi connectivity index (χ1v) is 5.28. The van der Waals surface area contributed by atoms with Gasteiger partial charge < -0.3 is 16.2 Å². The zero-order chi connectivity index (χ0) is 12.3. The first-order chi connectivity index (χ1) is 7.43. The van der Waals surface area contributed by atoms with Gasteiger partial charge in [-0.2, -0.15) is 0 Å². The fourth-order valence-corrected chi connectivity index (χ4v) is 1.28. The van der Waals surface area contributed by atoms with E-state index in [1.165, 1.54) is 0 Å². The molecule has 1 atom stereocenters. The van der Waals surface area contributed by atoms with Crippen LogP contribution in [0.2, 0.25) is 0 Å². The smallest absolute Gasteiger partial charge is 0.241 e. The summed E-state index contributed by atoms with van der Waals surface area (Å²) in [5.74, 6) is -0.130. The van der Waals surface area contributed by atoms with E-state index in [2.05, 4.69) is 5.32 Å². The third-order valence-electron chi connectivity index (χ3n) is 2.52. The minimum atomic E-state index is -0.570. The molecule has 1 rings (SSSR count). The van der Waals surface area contributed by atoms with Crippen molar-refractivity contribution in [1.82, 2.24) is 0 Å². The van der Waals surface area contributed by atoms with Crippen molar-refractivity contribution in [1.29, 1.82) is 0 Å². The number of nitrogens with one attached hydrogen (secondary N) is 1. The van der Waals surface area contributed by atoms with Crippen LogP contribution in [0.4, 0.5) is 5.69 Å². The van der Waals surface area contributed by atoms with E-state index in [1.54, 1.807) is 25.1 Å². The largest absolute Gasteiger partial charge is 0.505 e. The lowest BCUT2D eigenvalue weighted by molar-refractivity contribution is -0.118. The van der Waals surface area contributed by atoms with Crippen LogP contribution in [0.5, 0.6) is 5.75 Å². The molecular formula is C12H18N2O2. The molecule has 0 radical (unpaired) electrons. The number of para-hydroxylation sites is 1. The van der Waals surface area contributed by atoms with Crippen molar-refractivity contribution in [3.8, 4) is 5.75 Å². The van der Waals surface area contributed by atoms with Gasteiger partial charge in [0.15, 0.2) is 0 Å². The summed E-state index contributed by atoms with van der Waals surface area (Å²) in [6.07, 6.45) is 0. The lowest BCUT2D eigenvalue weighted by Crippen LogP contribution is -2.39. The molecule has 0 heterocycles. The van der Waals surface area contributed by atoms with Crippen molar-refractivity contribution in [2.24, 2.45) is 11.7 Å². The van der Waals surface area contributed by atoms with Gasteiger partial charge in [0, 0.05) is 0 Å². The van der Waals surface area contributed by atoms with Crippen molar-refractivity contribution in [3.05, 3.63) is 23.8 Å². The van der Waals surface area contributed by atoms with Crippen LogP contribution in [0.25, 0.3) is 0 Å². The molecule has 0 aromatic heterocycles. The zero-order valence-corrected chi connectivity index (χ0v) is 9.82. The molecule has 4 N–H and O–H groups in total. The van der Waals surface area contributed by atoms with Gasteiger partial charge in [-0.05, 0) is 24.5 Å². The summed E-state index contributed by atoms with van der Waals surface area (Å²) in [4.78, 5) is 11.7. The number of aryl methyl sites for hydroxylation is 1. The van der Waals surface area contributed by atoms with Crippen LogP contribution in [-0.4, -0.2) is 17.1 Å². The van der Waals surface area contributed by atoms with Gasteiger partial charge in [0.2, 0.25) is 5.91 Å². The van der Waals surface area contributed by atoms with E-state index in [1.807, 2.05) is 13.8 Å². The van der Waals surface area contributed by atoms with Crippen molar-refractivity contribution >= 4 is 11.6 Å². The van der Waals surface area contributed by atoms with Crippen molar-refractivity contribution in [2.45, 2.75) is 26.8 Å². The van der Waals surface area contributed by atoms with Crippen LogP contribution in [0.3, 0.4) is 0 Å². The van der Waals surface area contributed by atoms with Gasteiger partial charge in [0.1, 0.15) is 5.75 Å². The molecule has 0 aliphatic heterocycles. The second kappa shape index (κ2) is 4.99. The highest BCUT2D eigenvalue weighted by molar-refractivity contribution is 5.96. The standard InChI is InChI=1S/C12H18N2O2/c1-7(2)10(13)12(16)14-9-6-4-5-8(3)11(9)15/h4-7,10,15H,13H2,1-3H3,(H,14,16)/t10-/m0/s1. The average Bonchev–Trinajstić information content (AvgIpc) is 2.23. The predicted octanol–water partition coefficient (Wildman–Crippen LogP) is 1.62. The molecule has 1 aromatic carbocycles.